The maximum Gasteiger partial charge on any atom is 0.142 e. The predicted octanol–water partition coefficient (Wildman–Crippen LogP) is 6.61. The second kappa shape index (κ2) is 12.3. The molecule has 2 heteroatoms. The van der Waals surface area contributed by atoms with Crippen LogP contribution in [0, 0.1) is 0 Å². The highest BCUT2D eigenvalue weighted by molar-refractivity contribution is 5.86. The number of ketones is 1. The summed E-state index contributed by atoms with van der Waals surface area (Å²) < 4.78 is 5.78. The van der Waals surface area contributed by atoms with E-state index >= 15 is 0 Å². The third kappa shape index (κ3) is 7.23. The highest BCUT2D eigenvalue weighted by atomic mass is 16.5. The Morgan fingerprint density at radius 1 is 1.04 bits per heavy atom. The number of benzene rings is 1. The zero-order valence-electron chi connectivity index (χ0n) is 17.0. The Balaban J connectivity index is 1.88. The smallest absolute Gasteiger partial charge is 0.142 e. The van der Waals surface area contributed by atoms with E-state index < -0.39 is 0 Å². The molecule has 0 aliphatic carbocycles. The number of unbranched alkanes of at least 4 members (excludes halogenated alkanes) is 4. The number of hydrogen-bond acceptors (Lipinski definition) is 2. The van der Waals surface area contributed by atoms with Gasteiger partial charge in [-0.05, 0) is 49.7 Å². The van der Waals surface area contributed by atoms with Crippen LogP contribution in [-0.2, 0) is 16.0 Å². The number of carbonyl (C=O) groups is 1. The first-order valence-electron chi connectivity index (χ1n) is 11.0. The molecule has 1 aliphatic rings. The number of hydrogen-bond donors (Lipinski definition) is 0. The van der Waals surface area contributed by atoms with Crippen molar-refractivity contribution in [2.75, 3.05) is 6.61 Å². The summed E-state index contributed by atoms with van der Waals surface area (Å²) in [6.07, 6.45) is 13.9. The minimum atomic E-state index is 0.0455. The summed E-state index contributed by atoms with van der Waals surface area (Å²) in [6, 6.07) is 8.87. The fraction of sp³-hybridized carbons (Fsp3) is 0.708. The van der Waals surface area contributed by atoms with Crippen molar-refractivity contribution in [2.24, 2.45) is 0 Å². The fourth-order valence-corrected chi connectivity index (χ4v) is 3.99. The number of carbonyl (C=O) groups excluding carboxylic acids is 1. The van der Waals surface area contributed by atoms with E-state index in [0.29, 0.717) is 12.2 Å². The van der Waals surface area contributed by atoms with Crippen molar-refractivity contribution in [3.63, 3.8) is 0 Å². The van der Waals surface area contributed by atoms with E-state index in [1.54, 1.807) is 0 Å². The quantitative estimate of drug-likeness (QED) is 0.393. The van der Waals surface area contributed by atoms with Crippen LogP contribution in [0.5, 0.6) is 0 Å². The van der Waals surface area contributed by atoms with E-state index in [0.717, 1.165) is 38.7 Å². The molecule has 0 N–H and O–H groups in total. The van der Waals surface area contributed by atoms with Crippen LogP contribution in [0.15, 0.2) is 24.3 Å². The number of aryl methyl sites for hydroxylation is 1. The molecule has 0 saturated carbocycles. The van der Waals surface area contributed by atoms with Crippen molar-refractivity contribution in [1.82, 2.24) is 0 Å². The molecular formula is C24H38O2. The summed E-state index contributed by atoms with van der Waals surface area (Å²) in [5.74, 6) is 0.412. The van der Waals surface area contributed by atoms with E-state index in [2.05, 4.69) is 38.1 Å². The third-order valence-corrected chi connectivity index (χ3v) is 5.62. The number of Topliss-reactive ketones (excluding diaryl/α,β-unsaturated/α-hetero) is 1. The van der Waals surface area contributed by atoms with Crippen LogP contribution in [-0.4, -0.2) is 18.5 Å². The average Bonchev–Trinajstić information content (AvgIpc) is 2.67. The minimum absolute atomic E-state index is 0.0455. The van der Waals surface area contributed by atoms with Gasteiger partial charge in [0, 0.05) is 18.9 Å². The topological polar surface area (TPSA) is 26.3 Å². The lowest BCUT2D eigenvalue weighted by Gasteiger charge is -2.24. The monoisotopic (exact) mass is 358 g/mol. The molecule has 0 radical (unpaired) electrons. The van der Waals surface area contributed by atoms with Gasteiger partial charge >= 0.3 is 0 Å². The summed E-state index contributed by atoms with van der Waals surface area (Å²) in [5, 5.41) is 0. The number of ether oxygens (including phenoxy) is 1. The molecule has 1 aliphatic heterocycles. The van der Waals surface area contributed by atoms with E-state index in [9.17, 15) is 4.79 Å². The second-order valence-corrected chi connectivity index (χ2v) is 7.91. The molecule has 26 heavy (non-hydrogen) atoms. The van der Waals surface area contributed by atoms with Crippen molar-refractivity contribution >= 4 is 5.78 Å². The molecule has 1 aromatic rings. The van der Waals surface area contributed by atoms with Gasteiger partial charge in [0.15, 0.2) is 0 Å². The van der Waals surface area contributed by atoms with Gasteiger partial charge in [-0.2, -0.15) is 0 Å². The average molecular weight is 359 g/mol. The maximum absolute atomic E-state index is 12.9. The first-order valence-corrected chi connectivity index (χ1v) is 11.0. The van der Waals surface area contributed by atoms with Gasteiger partial charge in [0.25, 0.3) is 0 Å². The molecule has 146 valence electrons. The summed E-state index contributed by atoms with van der Waals surface area (Å²) in [6.45, 7) is 5.25. The molecule has 2 rings (SSSR count). The van der Waals surface area contributed by atoms with Gasteiger partial charge in [-0.1, -0.05) is 70.2 Å². The van der Waals surface area contributed by atoms with Crippen molar-refractivity contribution in [2.45, 2.75) is 103 Å². The largest absolute Gasteiger partial charge is 0.378 e. The Hall–Kier alpha value is -1.15. The molecule has 1 aromatic carbocycles. The van der Waals surface area contributed by atoms with Crippen molar-refractivity contribution < 1.29 is 9.53 Å². The first-order chi connectivity index (χ1) is 12.7. The summed E-state index contributed by atoms with van der Waals surface area (Å²) in [4.78, 5) is 12.9. The van der Waals surface area contributed by atoms with Gasteiger partial charge in [-0.3, -0.25) is 4.79 Å². The van der Waals surface area contributed by atoms with Crippen molar-refractivity contribution in [1.29, 1.82) is 0 Å². The lowest BCUT2D eigenvalue weighted by molar-refractivity contribution is -0.124. The molecule has 2 unspecified atom stereocenters. The molecule has 0 bridgehead atoms. The molecule has 1 heterocycles. The minimum Gasteiger partial charge on any atom is -0.378 e. The van der Waals surface area contributed by atoms with Gasteiger partial charge in [0.05, 0.1) is 6.10 Å². The molecule has 1 saturated heterocycles. The fourth-order valence-electron chi connectivity index (χ4n) is 3.99. The zero-order valence-corrected chi connectivity index (χ0v) is 17.0. The van der Waals surface area contributed by atoms with Crippen LogP contribution >= 0.6 is 0 Å². The number of rotatable bonds is 12. The normalized spacial score (nSPS) is 18.6. The molecule has 0 aromatic heterocycles. The maximum atomic E-state index is 12.9. The molecule has 1 fully saturated rings. The molecular weight excluding hydrogens is 320 g/mol. The first kappa shape index (κ1) is 21.2. The van der Waals surface area contributed by atoms with Gasteiger partial charge in [-0.25, -0.2) is 0 Å². The molecule has 0 amide bonds. The van der Waals surface area contributed by atoms with Crippen LogP contribution in [0.25, 0.3) is 0 Å². The Morgan fingerprint density at radius 3 is 2.46 bits per heavy atom. The van der Waals surface area contributed by atoms with Crippen LogP contribution < -0.4 is 0 Å². The van der Waals surface area contributed by atoms with Crippen LogP contribution in [0.1, 0.15) is 102 Å². The third-order valence-electron chi connectivity index (χ3n) is 5.62. The van der Waals surface area contributed by atoms with E-state index in [-0.39, 0.29) is 12.0 Å². The molecule has 0 spiro atoms. The Kier molecular flexibility index (Phi) is 9.99. The summed E-state index contributed by atoms with van der Waals surface area (Å²) >= 11 is 0. The summed E-state index contributed by atoms with van der Waals surface area (Å²) in [5.41, 5.74) is 2.60. The molecule has 2 atom stereocenters. The van der Waals surface area contributed by atoms with E-state index in [1.807, 2.05) is 0 Å². The Morgan fingerprint density at radius 2 is 1.81 bits per heavy atom. The van der Waals surface area contributed by atoms with Gasteiger partial charge in [0.2, 0.25) is 0 Å². The van der Waals surface area contributed by atoms with Crippen LogP contribution in [0.2, 0.25) is 0 Å². The standard InChI is InChI=1S/C24H38O2/c1-3-5-6-7-8-12-20-14-16-21(17-15-20)23(11-4-2)24(25)19-22-13-9-10-18-26-22/h14-17,22-23H,3-13,18-19H2,1-2H3. The van der Waals surface area contributed by atoms with Crippen molar-refractivity contribution in [3.05, 3.63) is 35.4 Å². The van der Waals surface area contributed by atoms with Gasteiger partial charge in [-0.15, -0.1) is 0 Å². The van der Waals surface area contributed by atoms with E-state index in [4.69, 9.17) is 4.74 Å². The second-order valence-electron chi connectivity index (χ2n) is 7.91. The highest BCUT2D eigenvalue weighted by Crippen LogP contribution is 2.27. The molecule has 2 nitrogen and oxygen atoms in total. The van der Waals surface area contributed by atoms with Gasteiger partial charge in [0.1, 0.15) is 5.78 Å². The SMILES string of the molecule is CCCCCCCc1ccc(C(CCC)C(=O)CC2CCCCO2)cc1. The summed E-state index contributed by atoms with van der Waals surface area (Å²) in [7, 11) is 0. The lowest BCUT2D eigenvalue weighted by atomic mass is 9.86. The predicted molar refractivity (Wildman–Crippen MR) is 110 cm³/mol. The van der Waals surface area contributed by atoms with Gasteiger partial charge < -0.3 is 4.74 Å². The van der Waals surface area contributed by atoms with Crippen LogP contribution in [0.4, 0.5) is 0 Å². The van der Waals surface area contributed by atoms with E-state index in [1.165, 1.54) is 49.7 Å². The van der Waals surface area contributed by atoms with Crippen LogP contribution in [0.3, 0.4) is 0 Å². The highest BCUT2D eigenvalue weighted by Gasteiger charge is 2.24. The zero-order chi connectivity index (χ0) is 18.6. The van der Waals surface area contributed by atoms with Crippen molar-refractivity contribution in [3.8, 4) is 0 Å². The Labute approximate surface area is 160 Å². The lowest BCUT2D eigenvalue weighted by Crippen LogP contribution is -2.25. The Bertz CT molecular complexity index is 499.